The Morgan fingerprint density at radius 2 is 1.89 bits per heavy atom. The number of hydrogen-bond acceptors (Lipinski definition) is 9. The highest BCUT2D eigenvalue weighted by Crippen LogP contribution is 2.35. The third-order valence-electron chi connectivity index (χ3n) is 4.56. The monoisotopic (exact) mass is 405 g/mol. The number of nitriles is 1. The normalized spacial score (nSPS) is 27.4. The van der Waals surface area contributed by atoms with Gasteiger partial charge in [0.15, 0.2) is 11.4 Å². The number of nitrogens with zero attached hydrogens (tertiary/aromatic N) is 3. The summed E-state index contributed by atoms with van der Waals surface area (Å²) in [5, 5.41) is 50.0. The van der Waals surface area contributed by atoms with Gasteiger partial charge in [-0.05, 0) is 11.8 Å². The molecule has 148 valence electrons. The van der Waals surface area contributed by atoms with Gasteiger partial charge in [-0.3, -0.25) is 9.36 Å². The molecule has 1 aliphatic heterocycles. The molecule has 0 aliphatic carbocycles. The number of hydrogen-bond donors (Lipinski definition) is 4. The second-order valence-electron chi connectivity index (χ2n) is 6.19. The molecule has 0 saturated carbocycles. The first-order valence-electron chi connectivity index (χ1n) is 8.41. The van der Waals surface area contributed by atoms with E-state index < -0.39 is 42.8 Å². The molecule has 2 heterocycles. The molecule has 9 nitrogen and oxygen atoms in total. The average molecular weight is 405 g/mol. The number of benzene rings is 1. The molecule has 0 spiro atoms. The largest absolute Gasteiger partial charge is 0.394 e. The summed E-state index contributed by atoms with van der Waals surface area (Å²) in [5.41, 5.74) is -0.310. The summed E-state index contributed by atoms with van der Waals surface area (Å²) in [6.07, 6.45) is -5.53. The van der Waals surface area contributed by atoms with Gasteiger partial charge < -0.3 is 25.2 Å². The number of rotatable bonds is 4. The van der Waals surface area contributed by atoms with Crippen LogP contribution in [0.15, 0.2) is 40.3 Å². The summed E-state index contributed by atoms with van der Waals surface area (Å²) in [6, 6.07) is 10.4. The molecule has 10 heteroatoms. The van der Waals surface area contributed by atoms with Crippen molar-refractivity contribution in [1.29, 1.82) is 5.26 Å². The average Bonchev–Trinajstić information content (AvgIpc) is 2.72. The molecule has 28 heavy (non-hydrogen) atoms. The van der Waals surface area contributed by atoms with Crippen molar-refractivity contribution in [3.63, 3.8) is 0 Å². The molecule has 1 saturated heterocycles. The van der Waals surface area contributed by atoms with E-state index in [-0.39, 0.29) is 16.4 Å². The zero-order chi connectivity index (χ0) is 20.4. The number of aromatic nitrogens is 2. The minimum Gasteiger partial charge on any atom is -0.394 e. The molecule has 1 aromatic heterocycles. The van der Waals surface area contributed by atoms with E-state index >= 15 is 0 Å². The van der Waals surface area contributed by atoms with Crippen LogP contribution in [-0.4, -0.2) is 67.3 Å². The van der Waals surface area contributed by atoms with Gasteiger partial charge in [0, 0.05) is 0 Å². The Hall–Kier alpha value is -2.26. The van der Waals surface area contributed by atoms with E-state index in [2.05, 4.69) is 4.98 Å². The highest BCUT2D eigenvalue weighted by Gasteiger charge is 2.45. The van der Waals surface area contributed by atoms with E-state index in [1.54, 1.807) is 36.6 Å². The maximum Gasteiger partial charge on any atom is 0.292 e. The lowest BCUT2D eigenvalue weighted by Crippen LogP contribution is -2.57. The van der Waals surface area contributed by atoms with Gasteiger partial charge in [0.2, 0.25) is 0 Å². The Balaban J connectivity index is 2.31. The van der Waals surface area contributed by atoms with Gasteiger partial charge in [-0.2, -0.15) is 10.2 Å². The molecule has 1 aliphatic rings. The van der Waals surface area contributed by atoms with Crippen molar-refractivity contribution in [3.8, 4) is 17.3 Å². The summed E-state index contributed by atoms with van der Waals surface area (Å²) in [4.78, 5) is 16.3. The highest BCUT2D eigenvalue weighted by molar-refractivity contribution is 7.98. The fourth-order valence-electron chi connectivity index (χ4n) is 3.17. The van der Waals surface area contributed by atoms with E-state index in [9.17, 15) is 30.5 Å². The van der Waals surface area contributed by atoms with E-state index in [0.717, 1.165) is 11.8 Å². The molecule has 1 aromatic carbocycles. The first-order valence-corrected chi connectivity index (χ1v) is 9.63. The first kappa shape index (κ1) is 20.5. The van der Waals surface area contributed by atoms with Crippen molar-refractivity contribution < 1.29 is 25.2 Å². The summed E-state index contributed by atoms with van der Waals surface area (Å²) in [7, 11) is 0. The molecule has 2 aromatic rings. The van der Waals surface area contributed by atoms with E-state index in [4.69, 9.17) is 4.74 Å². The van der Waals surface area contributed by atoms with E-state index in [1.807, 2.05) is 6.07 Å². The van der Waals surface area contributed by atoms with Crippen molar-refractivity contribution in [3.05, 3.63) is 46.2 Å². The van der Waals surface area contributed by atoms with Gasteiger partial charge >= 0.3 is 0 Å². The zero-order valence-corrected chi connectivity index (χ0v) is 15.7. The van der Waals surface area contributed by atoms with Crippen LogP contribution >= 0.6 is 11.8 Å². The maximum absolute atomic E-state index is 12.4. The smallest absolute Gasteiger partial charge is 0.292 e. The summed E-state index contributed by atoms with van der Waals surface area (Å²) < 4.78 is 7.00. The number of thioether (sulfide) groups is 1. The second kappa shape index (κ2) is 8.40. The van der Waals surface area contributed by atoms with Crippen molar-refractivity contribution >= 4 is 11.8 Å². The molecule has 0 unspecified atom stereocenters. The molecule has 4 N–H and O–H groups in total. The topological polar surface area (TPSA) is 149 Å². The molecular weight excluding hydrogens is 386 g/mol. The van der Waals surface area contributed by atoms with Gasteiger partial charge in [0.25, 0.3) is 5.56 Å². The zero-order valence-electron chi connectivity index (χ0n) is 14.8. The van der Waals surface area contributed by atoms with Crippen LogP contribution < -0.4 is 5.56 Å². The fourth-order valence-corrected chi connectivity index (χ4v) is 3.74. The van der Waals surface area contributed by atoms with Crippen molar-refractivity contribution in [2.75, 3.05) is 12.9 Å². The fraction of sp³-hybridized carbons (Fsp3) is 0.389. The predicted molar refractivity (Wildman–Crippen MR) is 99.4 cm³/mol. The molecular formula is C18H19N3O6S. The molecule has 0 amide bonds. The lowest BCUT2D eigenvalue weighted by molar-refractivity contribution is -0.253. The van der Waals surface area contributed by atoms with Crippen molar-refractivity contribution in [1.82, 2.24) is 9.55 Å². The standard InChI is InChI=1S/C18H19N3O6S/c1-28-18-20-16(26)10(7-19)12(9-5-3-2-4-6-9)21(18)17-15(25)14(24)13(23)11(8-22)27-17/h2-6,11,13-15,17,22-25H,8H2,1H3/t11-,13+,14+,15-,17-/m1/s1. The molecule has 5 atom stereocenters. The summed E-state index contributed by atoms with van der Waals surface area (Å²) in [5.74, 6) is 0. The van der Waals surface area contributed by atoms with E-state index in [1.165, 1.54) is 4.57 Å². The molecule has 0 radical (unpaired) electrons. The first-order chi connectivity index (χ1) is 13.4. The minimum atomic E-state index is -1.61. The Morgan fingerprint density at radius 3 is 2.46 bits per heavy atom. The third kappa shape index (κ3) is 3.44. The Kier molecular flexibility index (Phi) is 6.14. The number of ether oxygens (including phenoxy) is 1. The Morgan fingerprint density at radius 1 is 1.21 bits per heavy atom. The predicted octanol–water partition coefficient (Wildman–Crippen LogP) is -0.524. The maximum atomic E-state index is 12.4. The van der Waals surface area contributed by atoms with Crippen LogP contribution in [0.4, 0.5) is 0 Å². The van der Waals surface area contributed by atoms with Crippen LogP contribution in [0.1, 0.15) is 11.8 Å². The van der Waals surface area contributed by atoms with Crippen molar-refractivity contribution in [2.45, 2.75) is 35.8 Å². The van der Waals surface area contributed by atoms with E-state index in [0.29, 0.717) is 5.56 Å². The van der Waals surface area contributed by atoms with Crippen molar-refractivity contribution in [2.24, 2.45) is 0 Å². The van der Waals surface area contributed by atoms with Crippen LogP contribution in [0.25, 0.3) is 11.3 Å². The quantitative estimate of drug-likeness (QED) is 0.389. The molecule has 3 rings (SSSR count). The van der Waals surface area contributed by atoms with Crippen LogP contribution in [0.2, 0.25) is 0 Å². The van der Waals surface area contributed by atoms with Gasteiger partial charge in [0.05, 0.1) is 12.3 Å². The molecule has 0 bridgehead atoms. The van der Waals surface area contributed by atoms with Crippen LogP contribution in [0, 0.1) is 11.3 Å². The lowest BCUT2D eigenvalue weighted by Gasteiger charge is -2.42. The number of aliphatic hydroxyl groups is 4. The Bertz CT molecular complexity index is 943. The molecule has 1 fully saturated rings. The van der Waals surface area contributed by atoms with Crippen LogP contribution in [0.3, 0.4) is 0 Å². The SMILES string of the molecule is CSc1nc(=O)c(C#N)c(-c2ccccc2)n1[C@@H]1O[C@H](CO)[C@H](O)[C@H](O)[C@H]1O. The minimum absolute atomic E-state index is 0.146. The summed E-state index contributed by atoms with van der Waals surface area (Å²) in [6.45, 7) is -0.602. The third-order valence-corrected chi connectivity index (χ3v) is 5.21. The van der Waals surface area contributed by atoms with Gasteiger partial charge in [-0.25, -0.2) is 0 Å². The van der Waals surface area contributed by atoms with Gasteiger partial charge in [-0.1, -0.05) is 42.1 Å². The number of aliphatic hydroxyl groups excluding tert-OH is 4. The second-order valence-corrected chi connectivity index (χ2v) is 6.97. The highest BCUT2D eigenvalue weighted by atomic mass is 32.2. The summed E-state index contributed by atoms with van der Waals surface area (Å²) >= 11 is 1.09. The van der Waals surface area contributed by atoms with Crippen LogP contribution in [-0.2, 0) is 4.74 Å². The van der Waals surface area contributed by atoms with Crippen LogP contribution in [0.5, 0.6) is 0 Å². The van der Waals surface area contributed by atoms with Gasteiger partial charge in [-0.15, -0.1) is 0 Å². The lowest BCUT2D eigenvalue weighted by atomic mass is 9.97. The van der Waals surface area contributed by atoms with Gasteiger partial charge in [0.1, 0.15) is 36.0 Å². The Labute approximate surface area is 164 Å².